The molecular weight excluding hydrogens is 522 g/mol. The third kappa shape index (κ3) is 5.58. The van der Waals surface area contributed by atoms with Crippen LogP contribution in [0.25, 0.3) is 22.6 Å². The lowest BCUT2D eigenvalue weighted by Crippen LogP contribution is -2.14. The number of anilines is 1. The molecule has 4 rings (SSSR count). The summed E-state index contributed by atoms with van der Waals surface area (Å²) in [5, 5.41) is 15.2. The summed E-state index contributed by atoms with van der Waals surface area (Å²) in [6, 6.07) is 11.0. The van der Waals surface area contributed by atoms with E-state index in [-0.39, 0.29) is 11.7 Å². The molecule has 0 aliphatic rings. The fourth-order valence-corrected chi connectivity index (χ4v) is 5.14. The molecule has 188 valence electrons. The van der Waals surface area contributed by atoms with Crippen LogP contribution in [0.15, 0.2) is 46.9 Å². The summed E-state index contributed by atoms with van der Waals surface area (Å²) >= 11 is 8.62. The van der Waals surface area contributed by atoms with Gasteiger partial charge in [0.05, 0.1) is 32.8 Å². The van der Waals surface area contributed by atoms with Crippen molar-refractivity contribution >= 4 is 45.7 Å². The number of aromatic nitrogens is 4. The van der Waals surface area contributed by atoms with E-state index in [0.717, 1.165) is 16.8 Å². The molecule has 0 spiro atoms. The smallest absolute Gasteiger partial charge is 0.236 e. The topological polar surface area (TPSA) is 100 Å². The van der Waals surface area contributed by atoms with E-state index in [1.165, 1.54) is 23.1 Å². The summed E-state index contributed by atoms with van der Waals surface area (Å²) in [6.45, 7) is 2.60. The Balaban J connectivity index is 1.46. The van der Waals surface area contributed by atoms with Gasteiger partial charge in [0, 0.05) is 28.1 Å². The van der Waals surface area contributed by atoms with Crippen LogP contribution < -0.4 is 19.5 Å². The summed E-state index contributed by atoms with van der Waals surface area (Å²) in [5.74, 6) is 2.15. The third-order valence-corrected chi connectivity index (χ3v) is 7.16. The molecule has 36 heavy (non-hydrogen) atoms. The number of thioether (sulfide) groups is 1. The van der Waals surface area contributed by atoms with Crippen LogP contribution in [-0.4, -0.2) is 52.7 Å². The molecule has 0 unspecified atom stereocenters. The molecular formula is C24H24ClN5O4S2. The zero-order valence-corrected chi connectivity index (χ0v) is 22.5. The van der Waals surface area contributed by atoms with E-state index in [0.29, 0.717) is 44.9 Å². The number of hydrogen-bond acceptors (Lipinski definition) is 9. The van der Waals surface area contributed by atoms with Gasteiger partial charge in [0.2, 0.25) is 11.7 Å². The maximum atomic E-state index is 12.6. The second-order valence-corrected chi connectivity index (χ2v) is 9.58. The number of methoxy groups -OCH3 is 3. The number of carbonyl (C=O) groups excluding carboxylic acids is 1. The van der Waals surface area contributed by atoms with Crippen LogP contribution >= 0.6 is 34.7 Å². The first-order valence-corrected chi connectivity index (χ1v) is 13.1. The van der Waals surface area contributed by atoms with Gasteiger partial charge in [0.1, 0.15) is 0 Å². The van der Waals surface area contributed by atoms with Gasteiger partial charge in [0.25, 0.3) is 0 Å². The molecule has 1 N–H and O–H groups in total. The first kappa shape index (κ1) is 25.8. The maximum Gasteiger partial charge on any atom is 0.236 e. The zero-order valence-electron chi connectivity index (χ0n) is 20.1. The molecule has 4 aromatic rings. The van der Waals surface area contributed by atoms with Gasteiger partial charge in [-0.05, 0) is 31.2 Å². The van der Waals surface area contributed by atoms with Gasteiger partial charge in [-0.3, -0.25) is 4.79 Å². The molecule has 12 heteroatoms. The van der Waals surface area contributed by atoms with Crippen LogP contribution in [0.4, 0.5) is 5.13 Å². The first-order chi connectivity index (χ1) is 17.5. The Hall–Kier alpha value is -3.28. The monoisotopic (exact) mass is 545 g/mol. The minimum atomic E-state index is -0.183. The molecule has 0 saturated carbocycles. The molecule has 2 aromatic carbocycles. The van der Waals surface area contributed by atoms with E-state index < -0.39 is 0 Å². The fourth-order valence-electron chi connectivity index (χ4n) is 3.47. The Morgan fingerprint density at radius 3 is 2.36 bits per heavy atom. The Labute approximate surface area is 221 Å². The van der Waals surface area contributed by atoms with Gasteiger partial charge in [-0.2, -0.15) is 0 Å². The molecule has 1 amide bonds. The molecule has 0 bridgehead atoms. The number of amides is 1. The fraction of sp³-hybridized carbons (Fsp3) is 0.250. The number of nitrogens with one attached hydrogen (secondary N) is 1. The zero-order chi connectivity index (χ0) is 25.7. The van der Waals surface area contributed by atoms with Crippen molar-refractivity contribution in [2.24, 2.45) is 0 Å². The standard InChI is InChI=1S/C24H24ClN5O4S2/c1-5-30-22(15-10-18(32-2)21(34-4)19(11-15)33-3)28-29-24(30)36-13-20(31)27-23-26-17(12-35-23)14-6-8-16(25)9-7-14/h6-12H,5,13H2,1-4H3,(H,26,27,31). The minimum absolute atomic E-state index is 0.156. The lowest BCUT2D eigenvalue weighted by atomic mass is 10.1. The SMILES string of the molecule is CCn1c(SCC(=O)Nc2nc(-c3ccc(Cl)cc3)cs2)nnc1-c1cc(OC)c(OC)c(OC)c1. The Morgan fingerprint density at radius 2 is 1.75 bits per heavy atom. The first-order valence-electron chi connectivity index (χ1n) is 10.8. The Morgan fingerprint density at radius 1 is 1.06 bits per heavy atom. The van der Waals surface area contributed by atoms with Crippen LogP contribution in [0.1, 0.15) is 6.92 Å². The number of rotatable bonds is 10. The second-order valence-electron chi connectivity index (χ2n) is 7.35. The number of ether oxygens (including phenoxy) is 3. The molecule has 2 heterocycles. The van der Waals surface area contributed by atoms with Crippen LogP contribution in [0.5, 0.6) is 17.2 Å². The Kier molecular flexibility index (Phi) is 8.34. The average molecular weight is 546 g/mol. The molecule has 9 nitrogen and oxygen atoms in total. The van der Waals surface area contributed by atoms with Crippen molar-refractivity contribution in [3.63, 3.8) is 0 Å². The summed E-state index contributed by atoms with van der Waals surface area (Å²) in [7, 11) is 4.68. The van der Waals surface area contributed by atoms with E-state index in [9.17, 15) is 4.79 Å². The van der Waals surface area contributed by atoms with Gasteiger partial charge in [-0.15, -0.1) is 21.5 Å². The van der Waals surface area contributed by atoms with E-state index in [2.05, 4.69) is 20.5 Å². The molecule has 0 radical (unpaired) electrons. The summed E-state index contributed by atoms with van der Waals surface area (Å²) < 4.78 is 18.3. The van der Waals surface area contributed by atoms with Crippen molar-refractivity contribution in [1.82, 2.24) is 19.7 Å². The van der Waals surface area contributed by atoms with Crippen LogP contribution in [-0.2, 0) is 11.3 Å². The average Bonchev–Trinajstić information content (AvgIpc) is 3.53. The lowest BCUT2D eigenvalue weighted by Gasteiger charge is -2.14. The van der Waals surface area contributed by atoms with Crippen molar-refractivity contribution in [2.75, 3.05) is 32.4 Å². The number of halogens is 1. The molecule has 2 aromatic heterocycles. The van der Waals surface area contributed by atoms with E-state index >= 15 is 0 Å². The summed E-state index contributed by atoms with van der Waals surface area (Å²) in [5.41, 5.74) is 2.47. The van der Waals surface area contributed by atoms with Crippen molar-refractivity contribution in [1.29, 1.82) is 0 Å². The van der Waals surface area contributed by atoms with Gasteiger partial charge in [-0.1, -0.05) is 35.5 Å². The van der Waals surface area contributed by atoms with Crippen LogP contribution in [0, 0.1) is 0 Å². The highest BCUT2D eigenvalue weighted by Crippen LogP contribution is 2.41. The number of thiazole rings is 1. The largest absolute Gasteiger partial charge is 0.493 e. The van der Waals surface area contributed by atoms with Gasteiger partial charge >= 0.3 is 0 Å². The molecule has 0 aliphatic heterocycles. The quantitative estimate of drug-likeness (QED) is 0.261. The van der Waals surface area contributed by atoms with Crippen molar-refractivity contribution < 1.29 is 19.0 Å². The lowest BCUT2D eigenvalue weighted by molar-refractivity contribution is -0.113. The highest BCUT2D eigenvalue weighted by Gasteiger charge is 2.20. The summed E-state index contributed by atoms with van der Waals surface area (Å²) in [6.07, 6.45) is 0. The highest BCUT2D eigenvalue weighted by atomic mass is 35.5. The predicted octanol–water partition coefficient (Wildman–Crippen LogP) is 5.50. The van der Waals surface area contributed by atoms with E-state index in [4.69, 9.17) is 25.8 Å². The van der Waals surface area contributed by atoms with Crippen molar-refractivity contribution in [2.45, 2.75) is 18.6 Å². The normalized spacial score (nSPS) is 10.8. The molecule has 0 saturated heterocycles. The van der Waals surface area contributed by atoms with Gasteiger partial charge in [-0.25, -0.2) is 4.98 Å². The molecule has 0 fully saturated rings. The van der Waals surface area contributed by atoms with E-state index in [1.807, 2.05) is 41.1 Å². The second kappa shape index (κ2) is 11.6. The van der Waals surface area contributed by atoms with Crippen LogP contribution in [0.3, 0.4) is 0 Å². The van der Waals surface area contributed by atoms with Crippen molar-refractivity contribution in [3.8, 4) is 39.9 Å². The number of nitrogens with zero attached hydrogens (tertiary/aromatic N) is 4. The van der Waals surface area contributed by atoms with Crippen molar-refractivity contribution in [3.05, 3.63) is 46.8 Å². The molecule has 0 atom stereocenters. The Bertz CT molecular complexity index is 1330. The van der Waals surface area contributed by atoms with Gasteiger partial charge < -0.3 is 24.1 Å². The third-order valence-electron chi connectivity index (χ3n) is 5.18. The summed E-state index contributed by atoms with van der Waals surface area (Å²) in [4.78, 5) is 17.1. The number of hydrogen-bond donors (Lipinski definition) is 1. The van der Waals surface area contributed by atoms with E-state index in [1.54, 1.807) is 33.5 Å². The van der Waals surface area contributed by atoms with Crippen LogP contribution in [0.2, 0.25) is 5.02 Å². The highest BCUT2D eigenvalue weighted by molar-refractivity contribution is 7.99. The minimum Gasteiger partial charge on any atom is -0.493 e. The van der Waals surface area contributed by atoms with Gasteiger partial charge in [0.15, 0.2) is 27.6 Å². The maximum absolute atomic E-state index is 12.6. The number of carbonyl (C=O) groups is 1. The predicted molar refractivity (Wildman–Crippen MR) is 143 cm³/mol. The number of benzene rings is 2. The molecule has 0 aliphatic carbocycles.